The van der Waals surface area contributed by atoms with Crippen molar-refractivity contribution in [3.63, 3.8) is 0 Å². The van der Waals surface area contributed by atoms with E-state index in [0.29, 0.717) is 17.2 Å². The van der Waals surface area contributed by atoms with E-state index in [9.17, 15) is 4.79 Å². The number of fused-ring (bicyclic) bond motifs is 1. The van der Waals surface area contributed by atoms with Gasteiger partial charge in [-0.3, -0.25) is 4.79 Å². The van der Waals surface area contributed by atoms with Crippen LogP contribution in [0.15, 0.2) is 10.6 Å². The van der Waals surface area contributed by atoms with Crippen LogP contribution in [0.1, 0.15) is 80.0 Å². The molecule has 2 aromatic rings. The van der Waals surface area contributed by atoms with Gasteiger partial charge in [-0.25, -0.2) is 4.98 Å². The van der Waals surface area contributed by atoms with Crippen LogP contribution >= 0.6 is 0 Å². The molecule has 1 aliphatic carbocycles. The Hall–Kier alpha value is -1.95. The molecular weight excluding hydrogens is 330 g/mol. The van der Waals surface area contributed by atoms with Gasteiger partial charge >= 0.3 is 0 Å². The van der Waals surface area contributed by atoms with E-state index in [1.54, 1.807) is 0 Å². The summed E-state index contributed by atoms with van der Waals surface area (Å²) in [5, 5.41) is 8.16. The molecule has 3 heterocycles. The van der Waals surface area contributed by atoms with Crippen LogP contribution in [0.2, 0.25) is 0 Å². The van der Waals surface area contributed by atoms with Crippen LogP contribution in [-0.2, 0) is 11.2 Å². The lowest BCUT2D eigenvalue weighted by atomic mass is 10.0. The third-order valence-corrected chi connectivity index (χ3v) is 5.43. The van der Waals surface area contributed by atoms with Crippen LogP contribution in [0.5, 0.6) is 0 Å². The molecular formula is C20H27N3O3. The molecule has 4 rings (SSSR count). The van der Waals surface area contributed by atoms with E-state index in [1.165, 1.54) is 0 Å². The van der Waals surface area contributed by atoms with E-state index in [2.05, 4.69) is 29.3 Å². The Labute approximate surface area is 153 Å². The quantitative estimate of drug-likeness (QED) is 0.817. The Morgan fingerprint density at radius 3 is 2.85 bits per heavy atom. The normalized spacial score (nSPS) is 21.2. The molecule has 2 aromatic heterocycles. The summed E-state index contributed by atoms with van der Waals surface area (Å²) in [6.07, 6.45) is 7.02. The first-order valence-corrected chi connectivity index (χ1v) is 9.92. The van der Waals surface area contributed by atoms with Gasteiger partial charge in [-0.05, 0) is 44.6 Å². The maximum Gasteiger partial charge on any atom is 0.259 e. The number of carbonyl (C=O) groups is 1. The zero-order chi connectivity index (χ0) is 18.1. The average molecular weight is 357 g/mol. The molecule has 2 unspecified atom stereocenters. The number of nitrogens with zero attached hydrogens (tertiary/aromatic N) is 2. The van der Waals surface area contributed by atoms with Gasteiger partial charge in [0.1, 0.15) is 0 Å². The SMILES string of the molecule is CCCc1noc2nc(C3CC3)cc(C(=O)NC(CC)C3CCCO3)c12. The van der Waals surface area contributed by atoms with Crippen LogP contribution in [0.3, 0.4) is 0 Å². The largest absolute Gasteiger partial charge is 0.376 e. The summed E-state index contributed by atoms with van der Waals surface area (Å²) in [4.78, 5) is 17.8. The van der Waals surface area contributed by atoms with Gasteiger partial charge in [-0.1, -0.05) is 25.4 Å². The molecule has 6 heteroatoms. The summed E-state index contributed by atoms with van der Waals surface area (Å²) in [7, 11) is 0. The van der Waals surface area contributed by atoms with Gasteiger partial charge in [0.05, 0.1) is 28.8 Å². The molecule has 0 spiro atoms. The smallest absolute Gasteiger partial charge is 0.259 e. The van der Waals surface area contributed by atoms with Crippen LogP contribution in [-0.4, -0.2) is 34.8 Å². The first-order chi connectivity index (χ1) is 12.7. The lowest BCUT2D eigenvalue weighted by Crippen LogP contribution is -2.42. The van der Waals surface area contributed by atoms with Crippen molar-refractivity contribution < 1.29 is 14.1 Å². The number of nitrogens with one attached hydrogen (secondary N) is 1. The predicted molar refractivity (Wildman–Crippen MR) is 98.3 cm³/mol. The molecule has 1 amide bonds. The van der Waals surface area contributed by atoms with Gasteiger partial charge < -0.3 is 14.6 Å². The fourth-order valence-electron chi connectivity index (χ4n) is 3.83. The van der Waals surface area contributed by atoms with Crippen molar-refractivity contribution in [3.05, 3.63) is 23.0 Å². The fourth-order valence-corrected chi connectivity index (χ4v) is 3.83. The Kier molecular flexibility index (Phi) is 4.94. The van der Waals surface area contributed by atoms with Crippen molar-refractivity contribution in [2.45, 2.75) is 76.9 Å². The molecule has 1 saturated heterocycles. The third-order valence-electron chi connectivity index (χ3n) is 5.43. The zero-order valence-electron chi connectivity index (χ0n) is 15.6. The van der Waals surface area contributed by atoms with Crippen LogP contribution in [0, 0.1) is 0 Å². The predicted octanol–water partition coefficient (Wildman–Crippen LogP) is 3.74. The van der Waals surface area contributed by atoms with E-state index in [1.807, 2.05) is 6.07 Å². The number of pyridine rings is 1. The Balaban J connectivity index is 1.68. The maximum atomic E-state index is 13.2. The van der Waals surface area contributed by atoms with E-state index < -0.39 is 0 Å². The molecule has 1 saturated carbocycles. The Bertz CT molecular complexity index is 791. The van der Waals surface area contributed by atoms with Crippen LogP contribution < -0.4 is 5.32 Å². The van der Waals surface area contributed by atoms with Gasteiger partial charge in [0.2, 0.25) is 0 Å². The molecule has 0 bridgehead atoms. The molecule has 2 aliphatic rings. The number of hydrogen-bond acceptors (Lipinski definition) is 5. The summed E-state index contributed by atoms with van der Waals surface area (Å²) in [5.74, 6) is 0.382. The lowest BCUT2D eigenvalue weighted by molar-refractivity contribution is 0.0666. The molecule has 6 nitrogen and oxygen atoms in total. The topological polar surface area (TPSA) is 77.2 Å². The highest BCUT2D eigenvalue weighted by Gasteiger charge is 2.31. The van der Waals surface area contributed by atoms with Crippen molar-refractivity contribution in [3.8, 4) is 0 Å². The second-order valence-corrected chi connectivity index (χ2v) is 7.47. The molecule has 0 radical (unpaired) electrons. The van der Waals surface area contributed by atoms with Gasteiger partial charge in [0.25, 0.3) is 11.6 Å². The second-order valence-electron chi connectivity index (χ2n) is 7.47. The summed E-state index contributed by atoms with van der Waals surface area (Å²) in [6, 6.07) is 1.99. The minimum Gasteiger partial charge on any atom is -0.376 e. The number of aryl methyl sites for hydroxylation is 1. The van der Waals surface area contributed by atoms with Crippen LogP contribution in [0.25, 0.3) is 11.1 Å². The molecule has 1 N–H and O–H groups in total. The van der Waals surface area contributed by atoms with E-state index in [0.717, 1.165) is 68.3 Å². The molecule has 26 heavy (non-hydrogen) atoms. The fraction of sp³-hybridized carbons (Fsp3) is 0.650. The first-order valence-electron chi connectivity index (χ1n) is 9.92. The maximum absolute atomic E-state index is 13.2. The van der Waals surface area contributed by atoms with Gasteiger partial charge in [0, 0.05) is 18.2 Å². The summed E-state index contributed by atoms with van der Waals surface area (Å²) < 4.78 is 11.3. The number of amides is 1. The highest BCUT2D eigenvalue weighted by molar-refractivity contribution is 6.06. The summed E-state index contributed by atoms with van der Waals surface area (Å²) in [6.45, 7) is 4.97. The number of carbonyl (C=O) groups excluding carboxylic acids is 1. The Morgan fingerprint density at radius 2 is 2.19 bits per heavy atom. The monoisotopic (exact) mass is 357 g/mol. The van der Waals surface area contributed by atoms with E-state index >= 15 is 0 Å². The van der Waals surface area contributed by atoms with Crippen molar-refractivity contribution in [2.75, 3.05) is 6.61 Å². The molecule has 2 atom stereocenters. The van der Waals surface area contributed by atoms with E-state index in [4.69, 9.17) is 9.26 Å². The van der Waals surface area contributed by atoms with Crippen molar-refractivity contribution in [1.29, 1.82) is 0 Å². The second kappa shape index (κ2) is 7.35. The summed E-state index contributed by atoms with van der Waals surface area (Å²) >= 11 is 0. The molecule has 1 aliphatic heterocycles. The summed E-state index contributed by atoms with van der Waals surface area (Å²) in [5.41, 5.74) is 2.92. The zero-order valence-corrected chi connectivity index (χ0v) is 15.6. The van der Waals surface area contributed by atoms with Crippen LogP contribution in [0.4, 0.5) is 0 Å². The number of aromatic nitrogens is 2. The first kappa shape index (κ1) is 17.5. The van der Waals surface area contributed by atoms with Gasteiger partial charge in [-0.2, -0.15) is 0 Å². The Morgan fingerprint density at radius 1 is 1.35 bits per heavy atom. The average Bonchev–Trinajstić information content (AvgIpc) is 3.21. The number of rotatable bonds is 7. The van der Waals surface area contributed by atoms with Crippen molar-refractivity contribution >= 4 is 17.0 Å². The lowest BCUT2D eigenvalue weighted by Gasteiger charge is -2.23. The van der Waals surface area contributed by atoms with Gasteiger partial charge in [-0.15, -0.1) is 0 Å². The minimum absolute atomic E-state index is 0.0343. The highest BCUT2D eigenvalue weighted by Crippen LogP contribution is 2.40. The molecule has 140 valence electrons. The van der Waals surface area contributed by atoms with Crippen molar-refractivity contribution in [2.24, 2.45) is 0 Å². The third kappa shape index (κ3) is 3.34. The molecule has 0 aromatic carbocycles. The van der Waals surface area contributed by atoms with Crippen molar-refractivity contribution in [1.82, 2.24) is 15.5 Å². The standard InChI is InChI=1S/C20H27N3O3/c1-3-6-15-18-13(11-16(12-8-9-12)22-20(18)26-23-15)19(24)21-14(4-2)17-7-5-10-25-17/h11-12,14,17H,3-10H2,1-2H3,(H,21,24). The number of hydrogen-bond donors (Lipinski definition) is 1. The minimum atomic E-state index is -0.0674. The van der Waals surface area contributed by atoms with E-state index in [-0.39, 0.29) is 18.1 Å². The molecule has 2 fully saturated rings. The highest BCUT2D eigenvalue weighted by atomic mass is 16.5. The number of ether oxygens (including phenoxy) is 1. The van der Waals surface area contributed by atoms with Gasteiger partial charge in [0.15, 0.2) is 0 Å².